The summed E-state index contributed by atoms with van der Waals surface area (Å²) >= 11 is 0. The average molecular weight is 308 g/mol. The molecule has 0 amide bonds. The second kappa shape index (κ2) is 7.65. The SMILES string of the molecule is Cn1cc(CCOc2ccc([B-](F)(F)F)cc2)cn1.[K+]. The van der Waals surface area contributed by atoms with Crippen LogP contribution in [0.25, 0.3) is 0 Å². The second-order valence-electron chi connectivity index (χ2n) is 4.26. The minimum Gasteiger partial charge on any atom is -0.493 e. The molecule has 2 aromatic rings. The molecule has 0 bridgehead atoms. The monoisotopic (exact) mass is 308 g/mol. The molecule has 0 aliphatic carbocycles. The quantitative estimate of drug-likeness (QED) is 0.670. The zero-order chi connectivity index (χ0) is 13.9. The van der Waals surface area contributed by atoms with Gasteiger partial charge in [0.1, 0.15) is 5.75 Å². The van der Waals surface area contributed by atoms with Gasteiger partial charge in [-0.15, -0.1) is 5.46 Å². The first-order valence-corrected chi connectivity index (χ1v) is 5.85. The van der Waals surface area contributed by atoms with E-state index in [1.165, 1.54) is 12.1 Å². The Hall–Kier alpha value is -0.279. The molecule has 0 unspecified atom stereocenters. The number of rotatable bonds is 5. The van der Waals surface area contributed by atoms with E-state index in [1.54, 1.807) is 10.9 Å². The van der Waals surface area contributed by atoms with Crippen molar-refractivity contribution < 1.29 is 69.1 Å². The van der Waals surface area contributed by atoms with Crippen molar-refractivity contribution in [3.8, 4) is 5.75 Å². The minimum absolute atomic E-state index is 0. The number of aryl methyl sites for hydroxylation is 1. The van der Waals surface area contributed by atoms with Gasteiger partial charge in [0.25, 0.3) is 0 Å². The van der Waals surface area contributed by atoms with Crippen molar-refractivity contribution in [3.05, 3.63) is 42.2 Å². The number of aromatic nitrogens is 2. The van der Waals surface area contributed by atoms with Gasteiger partial charge in [0, 0.05) is 19.7 Å². The van der Waals surface area contributed by atoms with Crippen LogP contribution >= 0.6 is 0 Å². The third-order valence-electron chi connectivity index (χ3n) is 2.68. The zero-order valence-corrected chi connectivity index (χ0v) is 14.5. The molecule has 0 atom stereocenters. The molecular formula is C12H13BF3KN2O. The van der Waals surface area contributed by atoms with Crippen LogP contribution in [0.2, 0.25) is 0 Å². The van der Waals surface area contributed by atoms with Crippen LogP contribution < -0.4 is 61.6 Å². The van der Waals surface area contributed by atoms with Crippen LogP contribution in [0.3, 0.4) is 0 Å². The van der Waals surface area contributed by atoms with Crippen LogP contribution in [0.5, 0.6) is 5.75 Å². The normalized spacial score (nSPS) is 11.0. The molecule has 0 spiro atoms. The molecule has 0 radical (unpaired) electrons. The van der Waals surface area contributed by atoms with Gasteiger partial charge < -0.3 is 17.7 Å². The van der Waals surface area contributed by atoms with Crippen LogP contribution in [0.15, 0.2) is 36.7 Å². The molecule has 8 heteroatoms. The van der Waals surface area contributed by atoms with Gasteiger partial charge in [0.2, 0.25) is 0 Å². The Bertz CT molecular complexity index is 542. The molecule has 0 aliphatic heterocycles. The summed E-state index contributed by atoms with van der Waals surface area (Å²) in [6.45, 7) is -4.53. The Kier molecular flexibility index (Phi) is 6.80. The van der Waals surface area contributed by atoms with Crippen molar-refractivity contribution in [1.29, 1.82) is 0 Å². The van der Waals surface area contributed by atoms with Crippen molar-refractivity contribution in [1.82, 2.24) is 9.78 Å². The van der Waals surface area contributed by atoms with Crippen molar-refractivity contribution in [3.63, 3.8) is 0 Å². The van der Waals surface area contributed by atoms with E-state index in [1.807, 2.05) is 13.2 Å². The summed E-state index contributed by atoms with van der Waals surface area (Å²) < 4.78 is 44.3. The predicted molar refractivity (Wildman–Crippen MR) is 67.6 cm³/mol. The molecule has 2 rings (SSSR count). The molecule has 0 N–H and O–H groups in total. The van der Waals surface area contributed by atoms with E-state index < -0.39 is 12.4 Å². The van der Waals surface area contributed by atoms with Gasteiger partial charge in [-0.1, -0.05) is 12.1 Å². The largest absolute Gasteiger partial charge is 1.00 e. The van der Waals surface area contributed by atoms with Gasteiger partial charge in [0.05, 0.1) is 12.8 Å². The predicted octanol–water partition coefficient (Wildman–Crippen LogP) is -0.900. The van der Waals surface area contributed by atoms with E-state index in [0.29, 0.717) is 18.8 Å². The molecule has 0 saturated heterocycles. The van der Waals surface area contributed by atoms with Gasteiger partial charge in [-0.2, -0.15) is 5.10 Å². The molecular weight excluding hydrogens is 295 g/mol. The number of nitrogens with zero attached hydrogens (tertiary/aromatic N) is 2. The first-order chi connectivity index (χ1) is 8.95. The number of hydrogen-bond acceptors (Lipinski definition) is 2. The maximum atomic E-state index is 12.4. The third-order valence-corrected chi connectivity index (χ3v) is 2.68. The van der Waals surface area contributed by atoms with Crippen LogP contribution in [-0.4, -0.2) is 23.4 Å². The van der Waals surface area contributed by atoms with Crippen LogP contribution in [0.1, 0.15) is 5.56 Å². The van der Waals surface area contributed by atoms with Crippen molar-refractivity contribution in [2.24, 2.45) is 7.05 Å². The summed E-state index contributed by atoms with van der Waals surface area (Å²) in [5, 5.41) is 4.02. The minimum atomic E-state index is -4.94. The van der Waals surface area contributed by atoms with Crippen molar-refractivity contribution in [2.75, 3.05) is 6.61 Å². The molecule has 1 heterocycles. The molecule has 20 heavy (non-hydrogen) atoms. The van der Waals surface area contributed by atoms with E-state index in [9.17, 15) is 12.9 Å². The summed E-state index contributed by atoms with van der Waals surface area (Å²) in [7, 11) is 1.82. The Balaban J connectivity index is 0.00000200. The fraction of sp³-hybridized carbons (Fsp3) is 0.250. The van der Waals surface area contributed by atoms with E-state index >= 15 is 0 Å². The molecule has 3 nitrogen and oxygen atoms in total. The fourth-order valence-electron chi connectivity index (χ4n) is 1.67. The van der Waals surface area contributed by atoms with Crippen LogP contribution in [0.4, 0.5) is 12.9 Å². The van der Waals surface area contributed by atoms with Crippen molar-refractivity contribution >= 4 is 12.4 Å². The van der Waals surface area contributed by atoms with Gasteiger partial charge in [0.15, 0.2) is 0 Å². The van der Waals surface area contributed by atoms with Gasteiger partial charge in [-0.3, -0.25) is 4.68 Å². The first-order valence-electron chi connectivity index (χ1n) is 5.85. The molecule has 1 aromatic carbocycles. The summed E-state index contributed by atoms with van der Waals surface area (Å²) in [6.07, 6.45) is 4.27. The van der Waals surface area contributed by atoms with Crippen LogP contribution in [0, 0.1) is 0 Å². The number of hydrogen-bond donors (Lipinski definition) is 0. The van der Waals surface area contributed by atoms with E-state index in [-0.39, 0.29) is 51.4 Å². The Morgan fingerprint density at radius 2 is 1.85 bits per heavy atom. The number of benzene rings is 1. The summed E-state index contributed by atoms with van der Waals surface area (Å²) in [5.74, 6) is 0.438. The molecule has 0 aliphatic rings. The smallest absolute Gasteiger partial charge is 0.493 e. The summed E-state index contributed by atoms with van der Waals surface area (Å²) in [4.78, 5) is 0. The van der Waals surface area contributed by atoms with E-state index in [2.05, 4.69) is 5.10 Å². The van der Waals surface area contributed by atoms with E-state index in [0.717, 1.165) is 17.7 Å². The summed E-state index contributed by atoms with van der Waals surface area (Å²) in [6, 6.07) is 4.76. The summed E-state index contributed by atoms with van der Waals surface area (Å²) in [5.41, 5.74) is 0.414. The average Bonchev–Trinajstić information content (AvgIpc) is 2.75. The molecule has 0 fully saturated rings. The molecule has 102 valence electrons. The zero-order valence-electron chi connectivity index (χ0n) is 11.4. The van der Waals surface area contributed by atoms with Gasteiger partial charge >= 0.3 is 58.4 Å². The Morgan fingerprint density at radius 1 is 1.20 bits per heavy atom. The maximum Gasteiger partial charge on any atom is 1.00 e. The van der Waals surface area contributed by atoms with Crippen molar-refractivity contribution in [2.45, 2.75) is 6.42 Å². The fourth-order valence-corrected chi connectivity index (χ4v) is 1.67. The maximum absolute atomic E-state index is 12.4. The number of ether oxygens (including phenoxy) is 1. The second-order valence-corrected chi connectivity index (χ2v) is 4.26. The standard InChI is InChI=1S/C12H13BF3N2O.K/c1-18-9-10(8-17-18)6-7-19-12-4-2-11(3-5-12)13(14,15)16;/h2-5,8-9H,6-7H2,1H3;/q-1;+1. The Labute approximate surface area is 158 Å². The number of halogens is 3. The third kappa shape index (κ3) is 5.25. The van der Waals surface area contributed by atoms with Crippen LogP contribution in [-0.2, 0) is 13.5 Å². The molecule has 0 saturated carbocycles. The first kappa shape index (κ1) is 17.8. The molecule has 1 aromatic heterocycles. The van der Waals surface area contributed by atoms with E-state index in [4.69, 9.17) is 4.74 Å². The Morgan fingerprint density at radius 3 is 2.35 bits per heavy atom. The van der Waals surface area contributed by atoms with Gasteiger partial charge in [-0.05, 0) is 17.7 Å². The van der Waals surface area contributed by atoms with Gasteiger partial charge in [-0.25, -0.2) is 0 Å². The topological polar surface area (TPSA) is 27.1 Å².